The minimum absolute atomic E-state index is 0.112. The molecule has 0 saturated heterocycles. The van der Waals surface area contributed by atoms with Crippen molar-refractivity contribution in [2.24, 2.45) is 5.92 Å². The van der Waals surface area contributed by atoms with Crippen molar-refractivity contribution in [3.63, 3.8) is 0 Å². The van der Waals surface area contributed by atoms with Crippen molar-refractivity contribution < 1.29 is 4.74 Å². The Hall–Kier alpha value is -0.690. The first-order chi connectivity index (χ1) is 6.63. The molecule has 0 aliphatic carbocycles. The molecule has 1 atom stereocenters. The van der Waals surface area contributed by atoms with E-state index in [-0.39, 0.29) is 5.38 Å². The van der Waals surface area contributed by atoms with Crippen LogP contribution in [-0.4, -0.2) is 7.11 Å². The highest BCUT2D eigenvalue weighted by Crippen LogP contribution is 2.28. The van der Waals surface area contributed by atoms with E-state index in [0.29, 0.717) is 5.92 Å². The lowest BCUT2D eigenvalue weighted by atomic mass is 10.0. The summed E-state index contributed by atoms with van der Waals surface area (Å²) in [5.41, 5.74) is 1.17. The topological polar surface area (TPSA) is 9.23 Å². The van der Waals surface area contributed by atoms with Crippen molar-refractivity contribution in [1.29, 1.82) is 0 Å². The van der Waals surface area contributed by atoms with E-state index in [9.17, 15) is 0 Å². The monoisotopic (exact) mass is 212 g/mol. The predicted molar refractivity (Wildman–Crippen MR) is 61.0 cm³/mol. The standard InChI is InChI=1S/C12H17ClO/c1-9(2)8-12(13)10-4-6-11(14-3)7-5-10/h4-7,9,12H,8H2,1-3H3. The number of benzene rings is 1. The number of methoxy groups -OCH3 is 1. The number of hydrogen-bond donors (Lipinski definition) is 0. The van der Waals surface area contributed by atoms with Crippen LogP contribution in [0.1, 0.15) is 31.2 Å². The van der Waals surface area contributed by atoms with Crippen molar-refractivity contribution in [1.82, 2.24) is 0 Å². The Labute approximate surface area is 91.0 Å². The first kappa shape index (κ1) is 11.4. The minimum Gasteiger partial charge on any atom is -0.497 e. The maximum absolute atomic E-state index is 6.26. The molecule has 0 radical (unpaired) electrons. The molecule has 78 valence electrons. The fourth-order valence-electron chi connectivity index (χ4n) is 1.36. The van der Waals surface area contributed by atoms with Gasteiger partial charge in [-0.2, -0.15) is 0 Å². The van der Waals surface area contributed by atoms with Gasteiger partial charge in [0.2, 0.25) is 0 Å². The van der Waals surface area contributed by atoms with Gasteiger partial charge in [0.15, 0.2) is 0 Å². The zero-order valence-corrected chi connectivity index (χ0v) is 9.71. The summed E-state index contributed by atoms with van der Waals surface area (Å²) in [6, 6.07) is 7.95. The molecule has 0 aromatic heterocycles. The zero-order valence-electron chi connectivity index (χ0n) is 8.96. The molecule has 2 heteroatoms. The van der Waals surface area contributed by atoms with E-state index in [2.05, 4.69) is 13.8 Å². The highest BCUT2D eigenvalue weighted by atomic mass is 35.5. The molecule has 0 N–H and O–H groups in total. The lowest BCUT2D eigenvalue weighted by molar-refractivity contribution is 0.414. The van der Waals surface area contributed by atoms with Gasteiger partial charge in [0.1, 0.15) is 5.75 Å². The second kappa shape index (κ2) is 5.26. The van der Waals surface area contributed by atoms with Gasteiger partial charge in [-0.1, -0.05) is 26.0 Å². The Bertz CT molecular complexity index is 266. The minimum atomic E-state index is 0.112. The van der Waals surface area contributed by atoms with E-state index in [1.807, 2.05) is 24.3 Å². The average molecular weight is 213 g/mol. The molecule has 0 heterocycles. The maximum Gasteiger partial charge on any atom is 0.118 e. The lowest BCUT2D eigenvalue weighted by Gasteiger charge is -2.12. The van der Waals surface area contributed by atoms with Crippen molar-refractivity contribution in [3.05, 3.63) is 29.8 Å². The number of ether oxygens (including phenoxy) is 1. The molecule has 0 saturated carbocycles. The molecule has 1 nitrogen and oxygen atoms in total. The molecule has 0 aliphatic rings. The molecule has 1 aromatic rings. The van der Waals surface area contributed by atoms with Crippen LogP contribution in [-0.2, 0) is 0 Å². The zero-order chi connectivity index (χ0) is 10.6. The Kier molecular flexibility index (Phi) is 4.27. The molecule has 1 aromatic carbocycles. The van der Waals surface area contributed by atoms with Gasteiger partial charge < -0.3 is 4.74 Å². The molecular weight excluding hydrogens is 196 g/mol. The van der Waals surface area contributed by atoms with Crippen LogP contribution in [0, 0.1) is 5.92 Å². The van der Waals surface area contributed by atoms with Gasteiger partial charge >= 0.3 is 0 Å². The highest BCUT2D eigenvalue weighted by Gasteiger charge is 2.09. The molecule has 0 spiro atoms. The van der Waals surface area contributed by atoms with Crippen LogP contribution in [0.3, 0.4) is 0 Å². The Morgan fingerprint density at radius 1 is 1.21 bits per heavy atom. The van der Waals surface area contributed by atoms with Gasteiger partial charge in [-0.3, -0.25) is 0 Å². The van der Waals surface area contributed by atoms with E-state index in [1.54, 1.807) is 7.11 Å². The second-order valence-electron chi connectivity index (χ2n) is 3.87. The van der Waals surface area contributed by atoms with Gasteiger partial charge in [-0.25, -0.2) is 0 Å². The summed E-state index contributed by atoms with van der Waals surface area (Å²) in [6.07, 6.45) is 1.01. The van der Waals surface area contributed by atoms with Crippen LogP contribution in [0.4, 0.5) is 0 Å². The number of hydrogen-bond acceptors (Lipinski definition) is 1. The Balaban J connectivity index is 2.66. The third kappa shape index (κ3) is 3.22. The molecule has 14 heavy (non-hydrogen) atoms. The van der Waals surface area contributed by atoms with Crippen molar-refractivity contribution in [2.75, 3.05) is 7.11 Å². The predicted octanol–water partition coefficient (Wildman–Crippen LogP) is 4.02. The summed E-state index contributed by atoms with van der Waals surface area (Å²) in [6.45, 7) is 4.36. The van der Waals surface area contributed by atoms with Crippen LogP contribution in [0.15, 0.2) is 24.3 Å². The van der Waals surface area contributed by atoms with Crippen LogP contribution in [0.2, 0.25) is 0 Å². The summed E-state index contributed by atoms with van der Waals surface area (Å²) in [5, 5.41) is 0.112. The van der Waals surface area contributed by atoms with Crippen LogP contribution < -0.4 is 4.74 Å². The molecule has 0 amide bonds. The first-order valence-electron chi connectivity index (χ1n) is 4.91. The summed E-state index contributed by atoms with van der Waals surface area (Å²) >= 11 is 6.26. The van der Waals surface area contributed by atoms with Crippen molar-refractivity contribution in [2.45, 2.75) is 25.6 Å². The van der Waals surface area contributed by atoms with E-state index in [4.69, 9.17) is 16.3 Å². The fraction of sp³-hybridized carbons (Fsp3) is 0.500. The smallest absolute Gasteiger partial charge is 0.118 e. The molecule has 0 bridgehead atoms. The average Bonchev–Trinajstić information content (AvgIpc) is 2.17. The number of rotatable bonds is 4. The van der Waals surface area contributed by atoms with E-state index in [0.717, 1.165) is 12.2 Å². The number of alkyl halides is 1. The van der Waals surface area contributed by atoms with Crippen molar-refractivity contribution >= 4 is 11.6 Å². The van der Waals surface area contributed by atoms with E-state index < -0.39 is 0 Å². The number of halogens is 1. The van der Waals surface area contributed by atoms with Crippen LogP contribution in [0.25, 0.3) is 0 Å². The molecule has 0 fully saturated rings. The summed E-state index contributed by atoms with van der Waals surface area (Å²) in [4.78, 5) is 0. The van der Waals surface area contributed by atoms with Gasteiger partial charge in [0, 0.05) is 0 Å². The quantitative estimate of drug-likeness (QED) is 0.685. The fourth-order valence-corrected chi connectivity index (χ4v) is 1.86. The third-order valence-electron chi connectivity index (χ3n) is 2.16. The normalized spacial score (nSPS) is 12.9. The Morgan fingerprint density at radius 2 is 1.79 bits per heavy atom. The summed E-state index contributed by atoms with van der Waals surface area (Å²) < 4.78 is 5.09. The van der Waals surface area contributed by atoms with Gasteiger partial charge in [0.25, 0.3) is 0 Å². The summed E-state index contributed by atoms with van der Waals surface area (Å²) in [7, 11) is 1.67. The largest absolute Gasteiger partial charge is 0.497 e. The van der Waals surface area contributed by atoms with Crippen LogP contribution in [0.5, 0.6) is 5.75 Å². The van der Waals surface area contributed by atoms with Crippen molar-refractivity contribution in [3.8, 4) is 5.75 Å². The maximum atomic E-state index is 6.26. The van der Waals surface area contributed by atoms with Gasteiger partial charge in [0.05, 0.1) is 12.5 Å². The summed E-state index contributed by atoms with van der Waals surface area (Å²) in [5.74, 6) is 1.50. The Morgan fingerprint density at radius 3 is 2.21 bits per heavy atom. The molecule has 1 rings (SSSR count). The third-order valence-corrected chi connectivity index (χ3v) is 2.59. The first-order valence-corrected chi connectivity index (χ1v) is 5.35. The second-order valence-corrected chi connectivity index (χ2v) is 4.40. The molecule has 1 unspecified atom stereocenters. The van der Waals surface area contributed by atoms with E-state index >= 15 is 0 Å². The van der Waals surface area contributed by atoms with E-state index in [1.165, 1.54) is 5.56 Å². The van der Waals surface area contributed by atoms with Gasteiger partial charge in [-0.05, 0) is 30.0 Å². The highest BCUT2D eigenvalue weighted by molar-refractivity contribution is 6.20. The van der Waals surface area contributed by atoms with Gasteiger partial charge in [-0.15, -0.1) is 11.6 Å². The molecular formula is C12H17ClO. The lowest BCUT2D eigenvalue weighted by Crippen LogP contribution is -1.96. The van der Waals surface area contributed by atoms with Crippen LogP contribution >= 0.6 is 11.6 Å². The SMILES string of the molecule is COc1ccc(C(Cl)CC(C)C)cc1. The molecule has 0 aliphatic heterocycles.